The van der Waals surface area contributed by atoms with Crippen molar-refractivity contribution in [2.75, 3.05) is 13.2 Å². The Morgan fingerprint density at radius 1 is 0.850 bits per heavy atom. The molecule has 0 aromatic rings. The topological polar surface area (TPSA) is 21.3 Å². The molecular weight excluding hydrogens is 246 g/mol. The zero-order valence-corrected chi connectivity index (χ0v) is 14.8. The van der Waals surface area contributed by atoms with E-state index in [0.717, 1.165) is 26.0 Å². The molecule has 0 saturated carbocycles. The van der Waals surface area contributed by atoms with Crippen molar-refractivity contribution in [3.05, 3.63) is 0 Å². The number of likely N-dealkylation sites (N-methyl/N-ethyl adjacent to an activating group) is 1. The van der Waals surface area contributed by atoms with Crippen LogP contribution in [0, 0.1) is 0 Å². The van der Waals surface area contributed by atoms with E-state index in [1.807, 2.05) is 0 Å². The fourth-order valence-electron chi connectivity index (χ4n) is 3.26. The summed E-state index contributed by atoms with van der Waals surface area (Å²) in [6.07, 6.45) is 11.7. The lowest BCUT2D eigenvalue weighted by molar-refractivity contribution is -0.0738. The van der Waals surface area contributed by atoms with Crippen molar-refractivity contribution in [2.45, 2.75) is 104 Å². The Hall–Kier alpha value is -0.0800. The molecule has 0 aliphatic heterocycles. The first kappa shape index (κ1) is 19.9. The van der Waals surface area contributed by atoms with Gasteiger partial charge < -0.3 is 10.1 Å². The number of ether oxygens (including phenoxy) is 1. The third kappa shape index (κ3) is 7.08. The Labute approximate surface area is 128 Å². The first-order valence-corrected chi connectivity index (χ1v) is 9.07. The van der Waals surface area contributed by atoms with Gasteiger partial charge in [-0.25, -0.2) is 0 Å². The molecule has 1 atom stereocenters. The maximum Gasteiger partial charge on any atom is 0.0829 e. The molecule has 0 aromatic heterocycles. The van der Waals surface area contributed by atoms with Gasteiger partial charge in [-0.3, -0.25) is 0 Å². The summed E-state index contributed by atoms with van der Waals surface area (Å²) in [7, 11) is 0. The van der Waals surface area contributed by atoms with Gasteiger partial charge in [-0.15, -0.1) is 0 Å². The van der Waals surface area contributed by atoms with E-state index in [1.165, 1.54) is 44.9 Å². The van der Waals surface area contributed by atoms with Gasteiger partial charge in [-0.1, -0.05) is 66.2 Å². The summed E-state index contributed by atoms with van der Waals surface area (Å²) in [5.41, 5.74) is 0.0359. The maximum atomic E-state index is 6.18. The van der Waals surface area contributed by atoms with Crippen molar-refractivity contribution < 1.29 is 4.74 Å². The molecular formula is C18H39NO. The minimum Gasteiger partial charge on any atom is -0.374 e. The molecule has 1 unspecified atom stereocenters. The van der Waals surface area contributed by atoms with Crippen LogP contribution in [0.2, 0.25) is 0 Å². The molecule has 2 heteroatoms. The number of hydrogen-bond acceptors (Lipinski definition) is 2. The van der Waals surface area contributed by atoms with Gasteiger partial charge in [0.1, 0.15) is 0 Å². The van der Waals surface area contributed by atoms with Gasteiger partial charge in [0.2, 0.25) is 0 Å². The van der Waals surface area contributed by atoms with E-state index >= 15 is 0 Å². The minimum absolute atomic E-state index is 0.0359. The number of rotatable bonds is 14. The van der Waals surface area contributed by atoms with Crippen LogP contribution < -0.4 is 5.32 Å². The third-order valence-corrected chi connectivity index (χ3v) is 4.56. The van der Waals surface area contributed by atoms with Gasteiger partial charge in [0.05, 0.1) is 5.60 Å². The van der Waals surface area contributed by atoms with Crippen molar-refractivity contribution in [3.8, 4) is 0 Å². The van der Waals surface area contributed by atoms with E-state index in [1.54, 1.807) is 0 Å². The Bertz CT molecular complexity index is 202. The van der Waals surface area contributed by atoms with Crippen LogP contribution in [-0.4, -0.2) is 24.8 Å². The van der Waals surface area contributed by atoms with Crippen LogP contribution in [0.1, 0.15) is 92.4 Å². The smallest absolute Gasteiger partial charge is 0.0829 e. The predicted molar refractivity (Wildman–Crippen MR) is 90.4 cm³/mol. The minimum atomic E-state index is 0.0359. The molecule has 0 saturated heterocycles. The highest BCUT2D eigenvalue weighted by molar-refractivity contribution is 4.91. The quantitative estimate of drug-likeness (QED) is 0.437. The molecule has 2 nitrogen and oxygen atoms in total. The summed E-state index contributed by atoms with van der Waals surface area (Å²) < 4.78 is 6.18. The molecule has 0 aliphatic rings. The van der Waals surface area contributed by atoms with Crippen molar-refractivity contribution in [1.29, 1.82) is 0 Å². The predicted octanol–water partition coefficient (Wildman–Crippen LogP) is 5.31. The summed E-state index contributed by atoms with van der Waals surface area (Å²) in [6, 6.07) is 0.508. The molecule has 0 amide bonds. The Morgan fingerprint density at radius 2 is 1.45 bits per heavy atom. The molecule has 0 heterocycles. The molecule has 20 heavy (non-hydrogen) atoms. The van der Waals surface area contributed by atoms with Crippen LogP contribution in [0.5, 0.6) is 0 Å². The molecule has 1 N–H and O–H groups in total. The van der Waals surface area contributed by atoms with Gasteiger partial charge in [-0.2, -0.15) is 0 Å². The van der Waals surface area contributed by atoms with E-state index in [0.29, 0.717) is 6.04 Å². The highest BCUT2D eigenvalue weighted by Crippen LogP contribution is 2.28. The van der Waals surface area contributed by atoms with E-state index in [9.17, 15) is 0 Å². The molecule has 0 fully saturated rings. The summed E-state index contributed by atoms with van der Waals surface area (Å²) in [5.74, 6) is 0. The number of nitrogens with one attached hydrogen (secondary N) is 1. The lowest BCUT2D eigenvalue weighted by Gasteiger charge is -2.40. The van der Waals surface area contributed by atoms with Gasteiger partial charge in [0.25, 0.3) is 0 Å². The number of unbranched alkanes of at least 4 members (excludes halogenated alkanes) is 5. The molecule has 0 aromatic carbocycles. The van der Waals surface area contributed by atoms with Crippen LogP contribution in [-0.2, 0) is 4.74 Å². The summed E-state index contributed by atoms with van der Waals surface area (Å²) in [4.78, 5) is 0. The lowest BCUT2D eigenvalue weighted by Crippen LogP contribution is -2.52. The normalized spacial score (nSPS) is 13.7. The summed E-state index contributed by atoms with van der Waals surface area (Å²) in [5, 5.41) is 3.69. The van der Waals surface area contributed by atoms with Crippen molar-refractivity contribution in [3.63, 3.8) is 0 Å². The standard InChI is InChI=1S/C18H39NO/c1-6-11-12-13-14-15-16-17(19-9-4)18(7-2,8-3)20-10-5/h17,19H,6-16H2,1-5H3. The van der Waals surface area contributed by atoms with Crippen LogP contribution in [0.15, 0.2) is 0 Å². The second-order valence-corrected chi connectivity index (χ2v) is 5.87. The number of hydrogen-bond donors (Lipinski definition) is 1. The largest absolute Gasteiger partial charge is 0.374 e. The average Bonchev–Trinajstić information content (AvgIpc) is 2.47. The van der Waals surface area contributed by atoms with Crippen molar-refractivity contribution in [2.24, 2.45) is 0 Å². The molecule has 122 valence electrons. The third-order valence-electron chi connectivity index (χ3n) is 4.56. The molecule has 0 bridgehead atoms. The van der Waals surface area contributed by atoms with E-state index in [4.69, 9.17) is 4.74 Å². The van der Waals surface area contributed by atoms with Gasteiger partial charge in [-0.05, 0) is 32.7 Å². The molecule has 0 spiro atoms. The van der Waals surface area contributed by atoms with E-state index in [-0.39, 0.29) is 5.60 Å². The van der Waals surface area contributed by atoms with E-state index < -0.39 is 0 Å². The first-order chi connectivity index (χ1) is 9.70. The SMILES string of the molecule is CCCCCCCCC(NCC)C(CC)(CC)OCC. The van der Waals surface area contributed by atoms with Crippen LogP contribution in [0.25, 0.3) is 0 Å². The fourth-order valence-corrected chi connectivity index (χ4v) is 3.26. The van der Waals surface area contributed by atoms with Gasteiger partial charge in [0, 0.05) is 12.6 Å². The molecule has 0 rings (SSSR count). The van der Waals surface area contributed by atoms with Gasteiger partial charge in [0.15, 0.2) is 0 Å². The second-order valence-electron chi connectivity index (χ2n) is 5.87. The average molecular weight is 286 g/mol. The Balaban J connectivity index is 4.29. The van der Waals surface area contributed by atoms with Crippen LogP contribution >= 0.6 is 0 Å². The zero-order chi connectivity index (χ0) is 15.3. The second kappa shape index (κ2) is 12.6. The van der Waals surface area contributed by atoms with Crippen molar-refractivity contribution >= 4 is 0 Å². The summed E-state index contributed by atoms with van der Waals surface area (Å²) >= 11 is 0. The fraction of sp³-hybridized carbons (Fsp3) is 1.00. The highest BCUT2D eigenvalue weighted by atomic mass is 16.5. The molecule has 0 aliphatic carbocycles. The first-order valence-electron chi connectivity index (χ1n) is 9.07. The zero-order valence-electron chi connectivity index (χ0n) is 14.8. The van der Waals surface area contributed by atoms with E-state index in [2.05, 4.69) is 39.9 Å². The highest BCUT2D eigenvalue weighted by Gasteiger charge is 2.35. The molecule has 0 radical (unpaired) electrons. The lowest BCUT2D eigenvalue weighted by atomic mass is 9.84. The summed E-state index contributed by atoms with van der Waals surface area (Å²) in [6.45, 7) is 13.0. The Kier molecular flexibility index (Phi) is 12.6. The maximum absolute atomic E-state index is 6.18. The monoisotopic (exact) mass is 285 g/mol. The van der Waals surface area contributed by atoms with Crippen LogP contribution in [0.3, 0.4) is 0 Å². The van der Waals surface area contributed by atoms with Crippen LogP contribution in [0.4, 0.5) is 0 Å². The van der Waals surface area contributed by atoms with Crippen molar-refractivity contribution in [1.82, 2.24) is 5.32 Å². The Morgan fingerprint density at radius 3 is 1.95 bits per heavy atom. The van der Waals surface area contributed by atoms with Gasteiger partial charge >= 0.3 is 0 Å².